The molecule has 1 heterocycles. The minimum atomic E-state index is -0.296. The van der Waals surface area contributed by atoms with E-state index in [2.05, 4.69) is 16.8 Å². The van der Waals surface area contributed by atoms with Gasteiger partial charge in [-0.05, 0) is 53.6 Å². The molecule has 0 saturated carbocycles. The number of nitrogens with one attached hydrogen (secondary N) is 1. The highest BCUT2D eigenvalue weighted by Crippen LogP contribution is 2.25. The topological polar surface area (TPSA) is 12.0 Å². The largest absolute Gasteiger partial charge is 0.313 e. The maximum Gasteiger partial charge on any atom is 0.124 e. The highest BCUT2D eigenvalue weighted by Gasteiger charge is 2.12. The number of halogens is 2. The molecule has 1 atom stereocenters. The molecular formula is C13H13ClFNS. The summed E-state index contributed by atoms with van der Waals surface area (Å²) >= 11 is 7.69. The van der Waals surface area contributed by atoms with Crippen LogP contribution in [0.4, 0.5) is 4.39 Å². The summed E-state index contributed by atoms with van der Waals surface area (Å²) in [7, 11) is 1.92. The molecule has 1 nitrogen and oxygen atoms in total. The van der Waals surface area contributed by atoms with Crippen LogP contribution in [0.3, 0.4) is 0 Å². The fourth-order valence-corrected chi connectivity index (χ4v) is 2.73. The van der Waals surface area contributed by atoms with E-state index in [1.165, 1.54) is 17.7 Å². The van der Waals surface area contributed by atoms with E-state index in [9.17, 15) is 4.39 Å². The molecule has 2 aromatic rings. The van der Waals surface area contributed by atoms with E-state index < -0.39 is 0 Å². The molecule has 17 heavy (non-hydrogen) atoms. The lowest BCUT2D eigenvalue weighted by Crippen LogP contribution is -2.18. The van der Waals surface area contributed by atoms with Crippen LogP contribution in [0.1, 0.15) is 17.2 Å². The second-order valence-electron chi connectivity index (χ2n) is 3.84. The van der Waals surface area contributed by atoms with Gasteiger partial charge in [0, 0.05) is 11.1 Å². The van der Waals surface area contributed by atoms with Crippen molar-refractivity contribution in [3.05, 3.63) is 57.0 Å². The van der Waals surface area contributed by atoms with E-state index in [1.807, 2.05) is 12.4 Å². The van der Waals surface area contributed by atoms with Gasteiger partial charge in [0.2, 0.25) is 0 Å². The second kappa shape index (κ2) is 5.63. The molecule has 1 unspecified atom stereocenters. The van der Waals surface area contributed by atoms with Crippen LogP contribution in [0.2, 0.25) is 5.02 Å². The quantitative estimate of drug-likeness (QED) is 0.883. The molecule has 0 saturated heterocycles. The van der Waals surface area contributed by atoms with E-state index in [4.69, 9.17) is 11.6 Å². The first-order valence-corrected chi connectivity index (χ1v) is 6.66. The third-order valence-electron chi connectivity index (χ3n) is 2.73. The molecular weight excluding hydrogens is 257 g/mol. The van der Waals surface area contributed by atoms with Gasteiger partial charge in [-0.25, -0.2) is 4.39 Å². The third kappa shape index (κ3) is 3.06. The average Bonchev–Trinajstić information content (AvgIpc) is 2.81. The van der Waals surface area contributed by atoms with Gasteiger partial charge in [-0.2, -0.15) is 11.3 Å². The van der Waals surface area contributed by atoms with Gasteiger partial charge < -0.3 is 5.32 Å². The Balaban J connectivity index is 2.19. The fraction of sp³-hybridized carbons (Fsp3) is 0.231. The summed E-state index contributed by atoms with van der Waals surface area (Å²) in [5.74, 6) is -0.296. The Morgan fingerprint density at radius 3 is 2.82 bits per heavy atom. The molecule has 1 aromatic heterocycles. The molecule has 4 heteroatoms. The van der Waals surface area contributed by atoms with Crippen molar-refractivity contribution in [1.82, 2.24) is 5.32 Å². The summed E-state index contributed by atoms with van der Waals surface area (Å²) in [6, 6.07) is 6.85. The molecule has 0 aliphatic rings. The number of hydrogen-bond donors (Lipinski definition) is 1. The van der Waals surface area contributed by atoms with Crippen LogP contribution >= 0.6 is 22.9 Å². The highest BCUT2D eigenvalue weighted by atomic mass is 35.5. The maximum absolute atomic E-state index is 12.9. The van der Waals surface area contributed by atoms with Gasteiger partial charge in [0.15, 0.2) is 0 Å². The van der Waals surface area contributed by atoms with Crippen LogP contribution in [-0.4, -0.2) is 7.05 Å². The van der Waals surface area contributed by atoms with Crippen molar-refractivity contribution in [3.63, 3.8) is 0 Å². The summed E-state index contributed by atoms with van der Waals surface area (Å²) in [5, 5.41) is 7.89. The molecule has 2 rings (SSSR count). The molecule has 0 spiro atoms. The predicted molar refractivity (Wildman–Crippen MR) is 71.2 cm³/mol. The monoisotopic (exact) mass is 269 g/mol. The summed E-state index contributed by atoms with van der Waals surface area (Å²) in [6.07, 6.45) is 0.756. The van der Waals surface area contributed by atoms with Crippen molar-refractivity contribution in [1.29, 1.82) is 0 Å². The van der Waals surface area contributed by atoms with Gasteiger partial charge in [-0.15, -0.1) is 0 Å². The Hall–Kier alpha value is -0.900. The molecule has 1 N–H and O–H groups in total. The van der Waals surface area contributed by atoms with Gasteiger partial charge in [-0.3, -0.25) is 0 Å². The average molecular weight is 270 g/mol. The number of benzene rings is 1. The Morgan fingerprint density at radius 1 is 1.41 bits per heavy atom. The molecule has 90 valence electrons. The number of hydrogen-bond acceptors (Lipinski definition) is 2. The van der Waals surface area contributed by atoms with E-state index in [-0.39, 0.29) is 11.9 Å². The summed E-state index contributed by atoms with van der Waals surface area (Å²) < 4.78 is 12.9. The van der Waals surface area contributed by atoms with Gasteiger partial charge in [0.05, 0.1) is 0 Å². The smallest absolute Gasteiger partial charge is 0.124 e. The molecule has 1 aromatic carbocycles. The Kier molecular flexibility index (Phi) is 4.15. The maximum atomic E-state index is 12.9. The van der Waals surface area contributed by atoms with Crippen molar-refractivity contribution in [2.75, 3.05) is 7.05 Å². The van der Waals surface area contributed by atoms with E-state index in [1.54, 1.807) is 17.4 Å². The molecule has 0 fully saturated rings. The lowest BCUT2D eigenvalue weighted by atomic mass is 10.0. The standard InChI is InChI=1S/C13H13ClFNS/c1-16-13(10-4-5-17-8-10)6-9-2-3-11(15)7-12(9)14/h2-5,7-8,13,16H,6H2,1H3. The fourth-order valence-electron chi connectivity index (χ4n) is 1.77. The van der Waals surface area contributed by atoms with E-state index >= 15 is 0 Å². The Morgan fingerprint density at radius 2 is 2.24 bits per heavy atom. The summed E-state index contributed by atoms with van der Waals surface area (Å²) in [5.41, 5.74) is 2.19. The SMILES string of the molecule is CNC(Cc1ccc(F)cc1Cl)c1ccsc1. The number of thiophene rings is 1. The van der Waals surface area contributed by atoms with E-state index in [0.29, 0.717) is 5.02 Å². The molecule has 0 aliphatic heterocycles. The summed E-state index contributed by atoms with van der Waals surface area (Å²) in [6.45, 7) is 0. The van der Waals surface area contributed by atoms with Crippen LogP contribution in [0.25, 0.3) is 0 Å². The lowest BCUT2D eigenvalue weighted by Gasteiger charge is -2.15. The summed E-state index contributed by atoms with van der Waals surface area (Å²) in [4.78, 5) is 0. The predicted octanol–water partition coefficient (Wildman–Crippen LogP) is 4.04. The van der Waals surface area contributed by atoms with Crippen LogP contribution in [0.15, 0.2) is 35.0 Å². The van der Waals surface area contributed by atoms with Gasteiger partial charge in [0.25, 0.3) is 0 Å². The first-order chi connectivity index (χ1) is 8.20. The molecule has 0 amide bonds. The van der Waals surface area contributed by atoms with Crippen LogP contribution in [0.5, 0.6) is 0 Å². The zero-order chi connectivity index (χ0) is 12.3. The number of likely N-dealkylation sites (N-methyl/N-ethyl adjacent to an activating group) is 1. The lowest BCUT2D eigenvalue weighted by molar-refractivity contribution is 0.591. The van der Waals surface area contributed by atoms with Crippen molar-refractivity contribution in [2.45, 2.75) is 12.5 Å². The van der Waals surface area contributed by atoms with E-state index in [0.717, 1.165) is 12.0 Å². The van der Waals surface area contributed by atoms with Gasteiger partial charge in [-0.1, -0.05) is 17.7 Å². The van der Waals surface area contributed by atoms with Gasteiger partial charge in [0.1, 0.15) is 5.82 Å². The normalized spacial score (nSPS) is 12.6. The zero-order valence-electron chi connectivity index (χ0n) is 9.41. The second-order valence-corrected chi connectivity index (χ2v) is 5.03. The van der Waals surface area contributed by atoms with Crippen molar-refractivity contribution >= 4 is 22.9 Å². The minimum absolute atomic E-state index is 0.212. The molecule has 0 aliphatic carbocycles. The van der Waals surface area contributed by atoms with Crippen LogP contribution < -0.4 is 5.32 Å². The van der Waals surface area contributed by atoms with Gasteiger partial charge >= 0.3 is 0 Å². The van der Waals surface area contributed by atoms with Crippen molar-refractivity contribution < 1.29 is 4.39 Å². The minimum Gasteiger partial charge on any atom is -0.313 e. The van der Waals surface area contributed by atoms with Crippen molar-refractivity contribution in [2.24, 2.45) is 0 Å². The molecule has 0 radical (unpaired) electrons. The Labute approximate surface area is 109 Å². The number of rotatable bonds is 4. The van der Waals surface area contributed by atoms with Crippen molar-refractivity contribution in [3.8, 4) is 0 Å². The third-order valence-corrected chi connectivity index (χ3v) is 3.79. The Bertz CT molecular complexity index is 484. The first-order valence-electron chi connectivity index (χ1n) is 5.34. The first kappa shape index (κ1) is 12.6. The zero-order valence-corrected chi connectivity index (χ0v) is 11.0. The van der Waals surface area contributed by atoms with Crippen LogP contribution in [0, 0.1) is 5.82 Å². The molecule has 0 bridgehead atoms. The highest BCUT2D eigenvalue weighted by molar-refractivity contribution is 7.07. The van der Waals surface area contributed by atoms with Crippen LogP contribution in [-0.2, 0) is 6.42 Å².